The number of amides is 2. The van der Waals surface area contributed by atoms with Crippen molar-refractivity contribution in [3.8, 4) is 5.75 Å². The van der Waals surface area contributed by atoms with Crippen LogP contribution in [0.5, 0.6) is 5.75 Å². The maximum atomic E-state index is 12.5. The summed E-state index contributed by atoms with van der Waals surface area (Å²) in [6.07, 6.45) is 2.98. The van der Waals surface area contributed by atoms with Crippen LogP contribution in [0.1, 0.15) is 19.3 Å². The Balaban J connectivity index is 1.25. The second-order valence-corrected chi connectivity index (χ2v) is 7.65. The number of rotatable bonds is 6. The Morgan fingerprint density at radius 2 is 1.96 bits per heavy atom. The lowest BCUT2D eigenvalue weighted by atomic mass is 10.2. The molecule has 1 saturated carbocycles. The molecule has 2 aliphatic heterocycles. The van der Waals surface area contributed by atoms with Gasteiger partial charge in [0.15, 0.2) is 6.61 Å². The van der Waals surface area contributed by atoms with E-state index in [1.165, 1.54) is 0 Å². The van der Waals surface area contributed by atoms with Crippen molar-refractivity contribution in [3.05, 3.63) is 24.3 Å². The molecule has 0 aromatic heterocycles. The molecule has 7 heteroatoms. The van der Waals surface area contributed by atoms with Crippen LogP contribution in [0.25, 0.3) is 0 Å². The molecule has 1 atom stereocenters. The van der Waals surface area contributed by atoms with E-state index in [1.807, 2.05) is 23.1 Å². The number of carbonyl (C=O) groups is 2. The minimum atomic E-state index is 0.0278. The van der Waals surface area contributed by atoms with Crippen LogP contribution >= 0.6 is 0 Å². The number of benzene rings is 1. The smallest absolute Gasteiger partial charge is 0.260 e. The number of anilines is 1. The van der Waals surface area contributed by atoms with Crippen molar-refractivity contribution in [3.63, 3.8) is 0 Å². The van der Waals surface area contributed by atoms with Gasteiger partial charge in [-0.05, 0) is 31.4 Å². The zero-order chi connectivity index (χ0) is 18.6. The standard InChI is InChI=1S/C20H28N4O3/c25-19(24-9-6-17(13-24)23-10-7-21-8-11-23)14-27-18-3-1-2-16(12-18)22-20(26)15-4-5-15/h1-3,12,15,17,21H,4-11,13-14H2,(H,22,26). The van der Waals surface area contributed by atoms with Gasteiger partial charge < -0.3 is 20.3 Å². The first kappa shape index (κ1) is 18.3. The molecule has 0 bridgehead atoms. The number of hydrogen-bond acceptors (Lipinski definition) is 5. The van der Waals surface area contributed by atoms with Crippen molar-refractivity contribution in [1.29, 1.82) is 0 Å². The lowest BCUT2D eigenvalue weighted by Crippen LogP contribution is -2.49. The van der Waals surface area contributed by atoms with E-state index < -0.39 is 0 Å². The van der Waals surface area contributed by atoms with Gasteiger partial charge in [-0.1, -0.05) is 6.07 Å². The number of likely N-dealkylation sites (tertiary alicyclic amines) is 1. The molecule has 1 aromatic rings. The maximum Gasteiger partial charge on any atom is 0.260 e. The average molecular weight is 372 g/mol. The third-order valence-corrected chi connectivity index (χ3v) is 5.60. The fourth-order valence-corrected chi connectivity index (χ4v) is 3.80. The molecular formula is C20H28N4O3. The van der Waals surface area contributed by atoms with Crippen LogP contribution in [0.2, 0.25) is 0 Å². The van der Waals surface area contributed by atoms with E-state index in [2.05, 4.69) is 15.5 Å². The molecule has 3 aliphatic rings. The first-order valence-electron chi connectivity index (χ1n) is 9.95. The van der Waals surface area contributed by atoms with Gasteiger partial charge in [-0.15, -0.1) is 0 Å². The second-order valence-electron chi connectivity index (χ2n) is 7.65. The van der Waals surface area contributed by atoms with Crippen LogP contribution in [-0.4, -0.2) is 73.5 Å². The van der Waals surface area contributed by atoms with Gasteiger partial charge in [0.2, 0.25) is 5.91 Å². The van der Waals surface area contributed by atoms with Gasteiger partial charge in [0.05, 0.1) is 0 Å². The maximum absolute atomic E-state index is 12.5. The predicted octanol–water partition coefficient (Wildman–Crippen LogP) is 0.920. The summed E-state index contributed by atoms with van der Waals surface area (Å²) in [6.45, 7) is 5.80. The van der Waals surface area contributed by atoms with Crippen molar-refractivity contribution in [2.75, 3.05) is 51.2 Å². The van der Waals surface area contributed by atoms with Gasteiger partial charge in [0.1, 0.15) is 5.75 Å². The number of hydrogen-bond donors (Lipinski definition) is 2. The Hall–Kier alpha value is -2.12. The molecule has 2 saturated heterocycles. The van der Waals surface area contributed by atoms with E-state index in [9.17, 15) is 9.59 Å². The van der Waals surface area contributed by atoms with Gasteiger partial charge in [0, 0.05) is 63.0 Å². The van der Waals surface area contributed by atoms with Crippen LogP contribution in [0.4, 0.5) is 5.69 Å². The second kappa shape index (κ2) is 8.27. The SMILES string of the molecule is O=C(Nc1cccc(OCC(=O)N2CCC(N3CCNCC3)C2)c1)C1CC1. The van der Waals surface area contributed by atoms with Crippen LogP contribution in [0.3, 0.4) is 0 Å². The summed E-state index contributed by atoms with van der Waals surface area (Å²) >= 11 is 0. The average Bonchev–Trinajstić information content (AvgIpc) is 3.44. The molecule has 2 amide bonds. The number of carbonyl (C=O) groups excluding carboxylic acids is 2. The highest BCUT2D eigenvalue weighted by molar-refractivity contribution is 5.94. The van der Waals surface area contributed by atoms with Gasteiger partial charge >= 0.3 is 0 Å². The topological polar surface area (TPSA) is 73.9 Å². The summed E-state index contributed by atoms with van der Waals surface area (Å²) < 4.78 is 5.69. The monoisotopic (exact) mass is 372 g/mol. The highest BCUT2D eigenvalue weighted by Crippen LogP contribution is 2.30. The molecule has 146 valence electrons. The molecule has 0 spiro atoms. The van der Waals surface area contributed by atoms with E-state index in [4.69, 9.17) is 4.74 Å². The summed E-state index contributed by atoms with van der Waals surface area (Å²) in [7, 11) is 0. The van der Waals surface area contributed by atoms with Crippen molar-refractivity contribution in [2.45, 2.75) is 25.3 Å². The van der Waals surface area contributed by atoms with E-state index >= 15 is 0 Å². The quantitative estimate of drug-likeness (QED) is 0.777. The third kappa shape index (κ3) is 4.78. The molecule has 4 rings (SSSR count). The van der Waals surface area contributed by atoms with Crippen LogP contribution < -0.4 is 15.4 Å². The lowest BCUT2D eigenvalue weighted by molar-refractivity contribution is -0.132. The highest BCUT2D eigenvalue weighted by atomic mass is 16.5. The van der Waals surface area contributed by atoms with Gasteiger partial charge in [0.25, 0.3) is 5.91 Å². The Bertz CT molecular complexity index is 686. The molecule has 1 unspecified atom stereocenters. The van der Waals surface area contributed by atoms with E-state index in [-0.39, 0.29) is 24.3 Å². The molecule has 1 aromatic carbocycles. The molecule has 3 fully saturated rings. The van der Waals surface area contributed by atoms with Crippen molar-refractivity contribution >= 4 is 17.5 Å². The Morgan fingerprint density at radius 1 is 1.15 bits per heavy atom. The zero-order valence-corrected chi connectivity index (χ0v) is 15.7. The van der Waals surface area contributed by atoms with E-state index in [0.717, 1.165) is 64.2 Å². The molecular weight excluding hydrogens is 344 g/mol. The number of ether oxygens (including phenoxy) is 1. The third-order valence-electron chi connectivity index (χ3n) is 5.60. The normalized spacial score (nSPS) is 23.3. The number of nitrogens with one attached hydrogen (secondary N) is 2. The van der Waals surface area contributed by atoms with Crippen molar-refractivity contribution in [1.82, 2.24) is 15.1 Å². The Morgan fingerprint density at radius 3 is 2.74 bits per heavy atom. The van der Waals surface area contributed by atoms with Crippen LogP contribution in [0, 0.1) is 5.92 Å². The van der Waals surface area contributed by atoms with Gasteiger partial charge in [-0.3, -0.25) is 14.5 Å². The highest BCUT2D eigenvalue weighted by Gasteiger charge is 2.31. The molecule has 27 heavy (non-hydrogen) atoms. The fourth-order valence-electron chi connectivity index (χ4n) is 3.80. The number of piperazine rings is 1. The summed E-state index contributed by atoms with van der Waals surface area (Å²) in [4.78, 5) is 28.8. The van der Waals surface area contributed by atoms with Gasteiger partial charge in [-0.2, -0.15) is 0 Å². The molecule has 7 nitrogen and oxygen atoms in total. The summed E-state index contributed by atoms with van der Waals surface area (Å²) in [5.74, 6) is 0.865. The predicted molar refractivity (Wildman–Crippen MR) is 103 cm³/mol. The van der Waals surface area contributed by atoms with Crippen molar-refractivity contribution < 1.29 is 14.3 Å². The first-order chi connectivity index (χ1) is 13.2. The Kier molecular flexibility index (Phi) is 5.59. The van der Waals surface area contributed by atoms with Crippen molar-refractivity contribution in [2.24, 2.45) is 5.92 Å². The lowest BCUT2D eigenvalue weighted by Gasteiger charge is -2.32. The van der Waals surface area contributed by atoms with Crippen LogP contribution in [-0.2, 0) is 9.59 Å². The van der Waals surface area contributed by atoms with E-state index in [0.29, 0.717) is 11.8 Å². The minimum absolute atomic E-state index is 0.0278. The molecule has 0 radical (unpaired) electrons. The summed E-state index contributed by atoms with van der Waals surface area (Å²) in [5, 5.41) is 6.27. The molecule has 2 N–H and O–H groups in total. The zero-order valence-electron chi connectivity index (χ0n) is 15.7. The summed E-state index contributed by atoms with van der Waals surface area (Å²) in [6, 6.07) is 7.73. The minimum Gasteiger partial charge on any atom is -0.484 e. The number of nitrogens with zero attached hydrogens (tertiary/aromatic N) is 2. The molecule has 1 aliphatic carbocycles. The molecule has 2 heterocycles. The largest absolute Gasteiger partial charge is 0.484 e. The summed E-state index contributed by atoms with van der Waals surface area (Å²) in [5.41, 5.74) is 0.719. The van der Waals surface area contributed by atoms with E-state index in [1.54, 1.807) is 6.07 Å². The first-order valence-corrected chi connectivity index (χ1v) is 9.95. The fraction of sp³-hybridized carbons (Fsp3) is 0.600. The van der Waals surface area contributed by atoms with Crippen LogP contribution in [0.15, 0.2) is 24.3 Å². The van der Waals surface area contributed by atoms with Gasteiger partial charge in [-0.25, -0.2) is 0 Å². The Labute approximate surface area is 160 Å².